The molecule has 1 amide bonds. The van der Waals surface area contributed by atoms with Crippen LogP contribution in [0, 0.1) is 13.8 Å². The number of nitrogens with zero attached hydrogens (tertiary/aromatic N) is 7. The molecule has 0 aromatic carbocycles. The Balaban J connectivity index is 1.84. The summed E-state index contributed by atoms with van der Waals surface area (Å²) in [6.07, 6.45) is 3.54. The molecule has 0 saturated heterocycles. The predicted molar refractivity (Wildman–Crippen MR) is 95.0 cm³/mol. The summed E-state index contributed by atoms with van der Waals surface area (Å²) in [4.78, 5) is 24.5. The zero-order valence-corrected chi connectivity index (χ0v) is 15.2. The van der Waals surface area contributed by atoms with Crippen LogP contribution in [0.3, 0.4) is 0 Å². The minimum Gasteiger partial charge on any atom is -0.344 e. The van der Waals surface area contributed by atoms with Crippen molar-refractivity contribution in [2.45, 2.75) is 20.4 Å². The van der Waals surface area contributed by atoms with Crippen LogP contribution in [0.15, 0.2) is 18.6 Å². The van der Waals surface area contributed by atoms with Gasteiger partial charge in [-0.1, -0.05) is 0 Å². The highest BCUT2D eigenvalue weighted by Gasteiger charge is 2.21. The van der Waals surface area contributed by atoms with Crippen LogP contribution < -0.4 is 0 Å². The van der Waals surface area contributed by atoms with Crippen LogP contribution in [0.4, 0.5) is 0 Å². The molecule has 4 rings (SSSR count). The molecule has 4 aromatic rings. The quantitative estimate of drug-likeness (QED) is 0.561. The first kappa shape index (κ1) is 15.7. The molecule has 0 aliphatic rings. The number of fused-ring (bicyclic) bond motifs is 3. The van der Waals surface area contributed by atoms with Crippen LogP contribution in [0.1, 0.15) is 26.8 Å². The molecule has 0 spiro atoms. The van der Waals surface area contributed by atoms with Gasteiger partial charge >= 0.3 is 0 Å². The highest BCUT2D eigenvalue weighted by Crippen LogP contribution is 2.32. The molecule has 0 N–H and O–H groups in total. The smallest absolute Gasteiger partial charge is 0.263 e. The Hall–Kier alpha value is -2.81. The average Bonchev–Trinajstić information content (AvgIpc) is 3.24. The maximum Gasteiger partial charge on any atom is 0.263 e. The number of carbonyl (C=O) groups excluding carboxylic acids is 1. The zero-order chi connectivity index (χ0) is 17.7. The summed E-state index contributed by atoms with van der Waals surface area (Å²) in [7, 11) is 3.49. The van der Waals surface area contributed by atoms with Gasteiger partial charge in [-0.25, -0.2) is 14.5 Å². The molecule has 0 atom stereocenters. The predicted octanol–water partition coefficient (Wildman–Crippen LogP) is 1.90. The number of aryl methyl sites for hydroxylation is 2. The van der Waals surface area contributed by atoms with E-state index in [1.165, 1.54) is 11.3 Å². The van der Waals surface area contributed by atoms with E-state index in [2.05, 4.69) is 20.2 Å². The third-order valence-corrected chi connectivity index (χ3v) is 5.18. The van der Waals surface area contributed by atoms with Gasteiger partial charge in [-0.3, -0.25) is 9.48 Å². The van der Waals surface area contributed by atoms with Gasteiger partial charge in [0.05, 0.1) is 16.0 Å². The van der Waals surface area contributed by atoms with Crippen molar-refractivity contribution < 1.29 is 4.79 Å². The van der Waals surface area contributed by atoms with Crippen molar-refractivity contribution in [3.8, 4) is 0 Å². The fourth-order valence-corrected chi connectivity index (χ4v) is 3.91. The minimum absolute atomic E-state index is 0.0228. The van der Waals surface area contributed by atoms with Gasteiger partial charge in [-0.2, -0.15) is 5.10 Å². The van der Waals surface area contributed by atoms with Gasteiger partial charge in [0, 0.05) is 20.3 Å². The molecule has 4 heterocycles. The van der Waals surface area contributed by atoms with Crippen molar-refractivity contribution >= 4 is 33.1 Å². The van der Waals surface area contributed by atoms with Crippen LogP contribution in [0.2, 0.25) is 0 Å². The monoisotopic (exact) mass is 355 g/mol. The largest absolute Gasteiger partial charge is 0.344 e. The second-order valence-corrected chi connectivity index (χ2v) is 7.13. The number of thiophene rings is 1. The van der Waals surface area contributed by atoms with Crippen LogP contribution in [-0.2, 0) is 6.54 Å². The molecule has 25 heavy (non-hydrogen) atoms. The minimum atomic E-state index is -0.0228. The lowest BCUT2D eigenvalue weighted by molar-refractivity contribution is 0.0831. The summed E-state index contributed by atoms with van der Waals surface area (Å²) in [5, 5.41) is 9.74. The second-order valence-electron chi connectivity index (χ2n) is 6.13. The number of aromatic nitrogens is 6. The maximum absolute atomic E-state index is 12.4. The third-order valence-electron chi connectivity index (χ3n) is 3.99. The number of rotatable bonds is 3. The number of carbonyl (C=O) groups is 1. The normalized spacial score (nSPS) is 11.5. The van der Waals surface area contributed by atoms with E-state index in [0.29, 0.717) is 17.2 Å². The van der Waals surface area contributed by atoms with Gasteiger partial charge in [0.1, 0.15) is 17.7 Å². The molecular formula is C16H17N7OS. The highest BCUT2D eigenvalue weighted by atomic mass is 32.1. The lowest BCUT2D eigenvalue weighted by Crippen LogP contribution is -2.21. The van der Waals surface area contributed by atoms with Crippen molar-refractivity contribution in [3.63, 3.8) is 0 Å². The van der Waals surface area contributed by atoms with E-state index < -0.39 is 0 Å². The van der Waals surface area contributed by atoms with E-state index in [-0.39, 0.29) is 5.91 Å². The summed E-state index contributed by atoms with van der Waals surface area (Å²) in [5.41, 5.74) is 2.56. The Morgan fingerprint density at radius 1 is 1.28 bits per heavy atom. The lowest BCUT2D eigenvalue weighted by atomic mass is 10.2. The number of amides is 1. The van der Waals surface area contributed by atoms with Crippen molar-refractivity contribution in [2.24, 2.45) is 0 Å². The molecule has 8 nitrogen and oxygen atoms in total. The van der Waals surface area contributed by atoms with Gasteiger partial charge in [0.15, 0.2) is 11.5 Å². The molecule has 0 aliphatic heterocycles. The molecule has 0 saturated carbocycles. The van der Waals surface area contributed by atoms with Crippen molar-refractivity contribution in [3.05, 3.63) is 40.5 Å². The standard InChI is InChI=1S/C16H17N7OS/c1-9-5-6-22(19-9)7-11-18-14-12-10(2)13(16(24)21(3)4)25-15(12)17-8-23(14)20-11/h5-6,8H,7H2,1-4H3. The molecule has 0 bridgehead atoms. The molecule has 0 unspecified atom stereocenters. The van der Waals surface area contributed by atoms with Crippen molar-refractivity contribution in [2.75, 3.05) is 14.1 Å². The van der Waals surface area contributed by atoms with Gasteiger partial charge in [0.2, 0.25) is 0 Å². The Bertz CT molecular complexity index is 1100. The molecule has 128 valence electrons. The van der Waals surface area contributed by atoms with Gasteiger partial charge < -0.3 is 4.90 Å². The first-order valence-electron chi connectivity index (χ1n) is 7.79. The Kier molecular flexibility index (Phi) is 3.53. The van der Waals surface area contributed by atoms with Crippen molar-refractivity contribution in [1.29, 1.82) is 0 Å². The lowest BCUT2D eigenvalue weighted by Gasteiger charge is -2.08. The van der Waals surface area contributed by atoms with E-state index in [1.54, 1.807) is 34.5 Å². The molecule has 0 radical (unpaired) electrons. The van der Waals surface area contributed by atoms with Gasteiger partial charge in [-0.15, -0.1) is 16.4 Å². The van der Waals surface area contributed by atoms with Crippen LogP contribution in [0.5, 0.6) is 0 Å². The molecule has 9 heteroatoms. The van der Waals surface area contributed by atoms with E-state index in [4.69, 9.17) is 0 Å². The fourth-order valence-electron chi connectivity index (χ4n) is 2.75. The Morgan fingerprint density at radius 2 is 2.08 bits per heavy atom. The first-order chi connectivity index (χ1) is 11.9. The third kappa shape index (κ3) is 2.56. The van der Waals surface area contributed by atoms with Gasteiger partial charge in [-0.05, 0) is 25.5 Å². The Morgan fingerprint density at radius 3 is 2.76 bits per heavy atom. The van der Waals surface area contributed by atoms with Crippen LogP contribution in [0.25, 0.3) is 15.9 Å². The van der Waals surface area contributed by atoms with E-state index in [1.807, 2.05) is 26.1 Å². The van der Waals surface area contributed by atoms with Gasteiger partial charge in [0.25, 0.3) is 5.91 Å². The summed E-state index contributed by atoms with van der Waals surface area (Å²) in [6.45, 7) is 4.37. The summed E-state index contributed by atoms with van der Waals surface area (Å²) in [6, 6.07) is 1.94. The van der Waals surface area contributed by atoms with Crippen LogP contribution in [-0.4, -0.2) is 54.3 Å². The van der Waals surface area contributed by atoms with E-state index in [9.17, 15) is 4.79 Å². The molecule has 4 aromatic heterocycles. The number of hydrogen-bond donors (Lipinski definition) is 0. The molecule has 0 fully saturated rings. The Labute approximate surface area is 147 Å². The highest BCUT2D eigenvalue weighted by molar-refractivity contribution is 7.20. The number of hydrogen-bond acceptors (Lipinski definition) is 6. The average molecular weight is 355 g/mol. The maximum atomic E-state index is 12.4. The topological polar surface area (TPSA) is 81.2 Å². The second kappa shape index (κ2) is 5.62. The van der Waals surface area contributed by atoms with Crippen LogP contribution >= 0.6 is 11.3 Å². The van der Waals surface area contributed by atoms with E-state index in [0.717, 1.165) is 27.1 Å². The van der Waals surface area contributed by atoms with Crippen molar-refractivity contribution in [1.82, 2.24) is 34.3 Å². The van der Waals surface area contributed by atoms with E-state index >= 15 is 0 Å². The first-order valence-corrected chi connectivity index (χ1v) is 8.60. The SMILES string of the molecule is Cc1ccn(Cc2nc3c4c(C)c(C(=O)N(C)C)sc4ncn3n2)n1. The molecule has 0 aliphatic carbocycles. The summed E-state index contributed by atoms with van der Waals surface area (Å²) < 4.78 is 3.47. The molecular weight excluding hydrogens is 338 g/mol. The summed E-state index contributed by atoms with van der Waals surface area (Å²) in [5.74, 6) is 0.633. The fraction of sp³-hybridized carbons (Fsp3) is 0.312. The summed E-state index contributed by atoms with van der Waals surface area (Å²) >= 11 is 1.39. The zero-order valence-electron chi connectivity index (χ0n) is 14.4.